The van der Waals surface area contributed by atoms with Crippen molar-refractivity contribution in [3.63, 3.8) is 0 Å². The molecule has 2 amide bonds. The second kappa shape index (κ2) is 8.20. The van der Waals surface area contributed by atoms with Gasteiger partial charge in [0.15, 0.2) is 6.73 Å². The summed E-state index contributed by atoms with van der Waals surface area (Å²) in [5.74, 6) is 0.767. The average Bonchev–Trinajstić information content (AvgIpc) is 2.59. The number of sulfonamides is 1. The molecule has 26 heavy (non-hydrogen) atoms. The van der Waals surface area contributed by atoms with Gasteiger partial charge in [-0.05, 0) is 55.2 Å². The van der Waals surface area contributed by atoms with E-state index in [0.29, 0.717) is 0 Å². The predicted molar refractivity (Wildman–Crippen MR) is 99.3 cm³/mol. The molecule has 0 bridgehead atoms. The Morgan fingerprint density at radius 2 is 1.62 bits per heavy atom. The van der Waals surface area contributed by atoms with Gasteiger partial charge in [0.1, 0.15) is 5.75 Å². The largest absolute Gasteiger partial charge is 0.473 e. The summed E-state index contributed by atoms with van der Waals surface area (Å²) in [7, 11) is -3.72. The molecule has 2 rings (SSSR count). The van der Waals surface area contributed by atoms with Gasteiger partial charge in [0.25, 0.3) is 0 Å². The van der Waals surface area contributed by atoms with Gasteiger partial charge < -0.3 is 15.4 Å². The predicted octanol–water partition coefficient (Wildman–Crippen LogP) is 2.09. The van der Waals surface area contributed by atoms with E-state index >= 15 is 0 Å². The fourth-order valence-corrected chi connectivity index (χ4v) is 2.88. The number of nitrogens with two attached hydrogens (primary N) is 1. The van der Waals surface area contributed by atoms with Crippen LogP contribution in [0.5, 0.6) is 5.75 Å². The molecule has 0 atom stereocenters. The molecule has 0 saturated carbocycles. The SMILES string of the molecule is Cc1ccc(C)c(OCNC(=O)NCc2ccc(S(N)(=O)=O)cc2)c1C. The van der Waals surface area contributed by atoms with E-state index in [1.807, 2.05) is 32.9 Å². The topological polar surface area (TPSA) is 111 Å². The van der Waals surface area contributed by atoms with Crippen LogP contribution in [-0.4, -0.2) is 21.2 Å². The van der Waals surface area contributed by atoms with Gasteiger partial charge in [0, 0.05) is 6.54 Å². The van der Waals surface area contributed by atoms with Gasteiger partial charge >= 0.3 is 6.03 Å². The number of amides is 2. The quantitative estimate of drug-likeness (QED) is 0.670. The number of benzene rings is 2. The third-order valence-electron chi connectivity index (χ3n) is 4.03. The number of rotatable bonds is 6. The third kappa shape index (κ3) is 5.21. The highest BCUT2D eigenvalue weighted by molar-refractivity contribution is 7.89. The molecule has 140 valence electrons. The lowest BCUT2D eigenvalue weighted by Crippen LogP contribution is -2.37. The molecular formula is C18H23N3O4S. The molecule has 0 unspecified atom stereocenters. The van der Waals surface area contributed by atoms with Gasteiger partial charge in [0.05, 0.1) is 4.90 Å². The maximum atomic E-state index is 11.9. The number of carbonyl (C=O) groups is 1. The van der Waals surface area contributed by atoms with E-state index in [-0.39, 0.29) is 24.2 Å². The fraction of sp³-hybridized carbons (Fsp3) is 0.278. The van der Waals surface area contributed by atoms with Crippen molar-refractivity contribution in [1.82, 2.24) is 10.6 Å². The van der Waals surface area contributed by atoms with Crippen molar-refractivity contribution < 1.29 is 17.9 Å². The zero-order valence-corrected chi connectivity index (χ0v) is 15.8. The van der Waals surface area contributed by atoms with Crippen molar-refractivity contribution >= 4 is 16.1 Å². The Balaban J connectivity index is 1.82. The third-order valence-corrected chi connectivity index (χ3v) is 4.96. The van der Waals surface area contributed by atoms with E-state index in [1.165, 1.54) is 12.1 Å². The lowest BCUT2D eigenvalue weighted by Gasteiger charge is -2.14. The summed E-state index contributed by atoms with van der Waals surface area (Å²) in [6.45, 7) is 6.22. The highest BCUT2D eigenvalue weighted by Crippen LogP contribution is 2.25. The van der Waals surface area contributed by atoms with E-state index < -0.39 is 10.0 Å². The summed E-state index contributed by atoms with van der Waals surface area (Å²) in [6, 6.07) is 9.60. The number of hydrogen-bond acceptors (Lipinski definition) is 4. The summed E-state index contributed by atoms with van der Waals surface area (Å²) < 4.78 is 28.1. The zero-order chi connectivity index (χ0) is 19.3. The molecule has 2 aromatic rings. The van der Waals surface area contributed by atoms with Crippen LogP contribution in [0.4, 0.5) is 4.79 Å². The van der Waals surface area contributed by atoms with Gasteiger partial charge in [-0.3, -0.25) is 0 Å². The molecule has 7 nitrogen and oxygen atoms in total. The highest BCUT2D eigenvalue weighted by atomic mass is 32.2. The minimum atomic E-state index is -3.72. The molecule has 0 radical (unpaired) electrons. The Morgan fingerprint density at radius 1 is 1.00 bits per heavy atom. The van der Waals surface area contributed by atoms with Crippen LogP contribution in [0, 0.1) is 20.8 Å². The maximum absolute atomic E-state index is 11.9. The first-order chi connectivity index (χ1) is 12.2. The number of urea groups is 1. The summed E-state index contributed by atoms with van der Waals surface area (Å²) >= 11 is 0. The first kappa shape index (κ1) is 19.7. The molecule has 4 N–H and O–H groups in total. The Labute approximate surface area is 153 Å². The van der Waals surface area contributed by atoms with Crippen LogP contribution >= 0.6 is 0 Å². The number of ether oxygens (including phenoxy) is 1. The molecule has 0 aliphatic rings. The van der Waals surface area contributed by atoms with Gasteiger partial charge in [-0.15, -0.1) is 0 Å². The first-order valence-electron chi connectivity index (χ1n) is 8.01. The highest BCUT2D eigenvalue weighted by Gasteiger charge is 2.08. The molecular weight excluding hydrogens is 354 g/mol. The first-order valence-corrected chi connectivity index (χ1v) is 9.56. The second-order valence-corrected chi connectivity index (χ2v) is 7.55. The molecule has 0 aliphatic heterocycles. The number of hydrogen-bond donors (Lipinski definition) is 3. The summed E-state index contributed by atoms with van der Waals surface area (Å²) in [5.41, 5.74) is 3.92. The second-order valence-electron chi connectivity index (χ2n) is 5.99. The summed E-state index contributed by atoms with van der Waals surface area (Å²) in [5, 5.41) is 10.3. The number of nitrogens with one attached hydrogen (secondary N) is 2. The van der Waals surface area contributed by atoms with E-state index in [4.69, 9.17) is 9.88 Å². The van der Waals surface area contributed by atoms with E-state index in [9.17, 15) is 13.2 Å². The molecule has 0 heterocycles. The smallest absolute Gasteiger partial charge is 0.317 e. The van der Waals surface area contributed by atoms with Gasteiger partial charge in [-0.2, -0.15) is 0 Å². The van der Waals surface area contributed by atoms with E-state index in [1.54, 1.807) is 12.1 Å². The molecule has 0 aliphatic carbocycles. The van der Waals surface area contributed by atoms with E-state index in [2.05, 4.69) is 10.6 Å². The van der Waals surface area contributed by atoms with Crippen molar-refractivity contribution in [2.75, 3.05) is 6.73 Å². The Kier molecular flexibility index (Phi) is 6.23. The standard InChI is InChI=1S/C18H23N3O4S/c1-12-4-5-13(2)17(14(12)3)25-11-21-18(22)20-10-15-6-8-16(9-7-15)26(19,23)24/h4-9H,10-11H2,1-3H3,(H2,19,23,24)(H2,20,21,22). The van der Waals surface area contributed by atoms with Crippen molar-refractivity contribution in [2.45, 2.75) is 32.2 Å². The molecule has 0 aromatic heterocycles. The number of primary sulfonamides is 1. The van der Waals surface area contributed by atoms with Crippen LogP contribution in [0.3, 0.4) is 0 Å². The van der Waals surface area contributed by atoms with Crippen molar-refractivity contribution in [3.8, 4) is 5.75 Å². The zero-order valence-electron chi connectivity index (χ0n) is 15.0. The van der Waals surface area contributed by atoms with E-state index in [0.717, 1.165) is 28.0 Å². The van der Waals surface area contributed by atoms with Crippen LogP contribution < -0.4 is 20.5 Å². The van der Waals surface area contributed by atoms with Crippen molar-refractivity contribution in [1.29, 1.82) is 0 Å². The van der Waals surface area contributed by atoms with Gasteiger partial charge in [-0.25, -0.2) is 18.4 Å². The maximum Gasteiger partial charge on any atom is 0.317 e. The number of aryl methyl sites for hydroxylation is 2. The average molecular weight is 377 g/mol. The van der Waals surface area contributed by atoms with Crippen molar-refractivity contribution in [3.05, 3.63) is 58.7 Å². The normalized spacial score (nSPS) is 11.1. The lowest BCUT2D eigenvalue weighted by molar-refractivity contribution is 0.223. The number of carbonyl (C=O) groups excluding carboxylic acids is 1. The van der Waals surface area contributed by atoms with Crippen LogP contribution in [0.25, 0.3) is 0 Å². The van der Waals surface area contributed by atoms with Crippen molar-refractivity contribution in [2.24, 2.45) is 5.14 Å². The van der Waals surface area contributed by atoms with Crippen LogP contribution in [0.2, 0.25) is 0 Å². The molecule has 2 aromatic carbocycles. The van der Waals surface area contributed by atoms with Crippen LogP contribution in [0.15, 0.2) is 41.3 Å². The molecule has 0 fully saturated rings. The minimum Gasteiger partial charge on any atom is -0.473 e. The van der Waals surface area contributed by atoms with Crippen LogP contribution in [-0.2, 0) is 16.6 Å². The Morgan fingerprint density at radius 3 is 2.23 bits per heavy atom. The summed E-state index contributed by atoms with van der Waals surface area (Å²) in [6.07, 6.45) is 0. The van der Waals surface area contributed by atoms with Crippen LogP contribution in [0.1, 0.15) is 22.3 Å². The lowest BCUT2D eigenvalue weighted by atomic mass is 10.1. The Hall–Kier alpha value is -2.58. The monoisotopic (exact) mass is 377 g/mol. The van der Waals surface area contributed by atoms with Gasteiger partial charge in [0.2, 0.25) is 10.0 Å². The molecule has 0 spiro atoms. The molecule has 0 saturated heterocycles. The fourth-order valence-electron chi connectivity index (χ4n) is 2.36. The minimum absolute atomic E-state index is 0.0306. The molecule has 8 heteroatoms. The van der Waals surface area contributed by atoms with Gasteiger partial charge in [-0.1, -0.05) is 24.3 Å². The Bertz CT molecular complexity index is 893. The summed E-state index contributed by atoms with van der Waals surface area (Å²) in [4.78, 5) is 11.9.